The van der Waals surface area contributed by atoms with Crippen LogP contribution in [0.3, 0.4) is 0 Å². The fourth-order valence-corrected chi connectivity index (χ4v) is 3.47. The normalized spacial score (nSPS) is 17.0. The third-order valence-corrected chi connectivity index (χ3v) is 5.42. The van der Waals surface area contributed by atoms with Crippen molar-refractivity contribution in [1.29, 1.82) is 0 Å². The van der Waals surface area contributed by atoms with Gasteiger partial charge in [0.15, 0.2) is 0 Å². The molecule has 5 heteroatoms. The van der Waals surface area contributed by atoms with Crippen LogP contribution in [0, 0.1) is 5.92 Å². The molecule has 1 fully saturated rings. The fraction of sp³-hybridized carbons (Fsp3) is 0.632. The zero-order valence-corrected chi connectivity index (χ0v) is 15.6. The monoisotopic (exact) mass is 354 g/mol. The molecule has 1 unspecified atom stereocenters. The predicted octanol–water partition coefficient (Wildman–Crippen LogP) is 3.04. The molecule has 1 aromatic rings. The molecule has 1 heterocycles. The highest BCUT2D eigenvalue weighted by Crippen LogP contribution is 2.31. The second-order valence-corrected chi connectivity index (χ2v) is 6.55. The molecule has 1 atom stereocenters. The highest BCUT2D eigenvalue weighted by molar-refractivity contribution is 5.85. The number of ether oxygens (including phenoxy) is 1. The van der Waals surface area contributed by atoms with E-state index >= 15 is 0 Å². The Balaban J connectivity index is 0.00000288. The van der Waals surface area contributed by atoms with Crippen LogP contribution < -0.4 is 11.1 Å². The predicted molar refractivity (Wildman–Crippen MR) is 100 cm³/mol. The van der Waals surface area contributed by atoms with E-state index in [0.717, 1.165) is 25.7 Å². The fourth-order valence-electron chi connectivity index (χ4n) is 3.47. The van der Waals surface area contributed by atoms with Crippen molar-refractivity contribution in [3.05, 3.63) is 35.9 Å². The summed E-state index contributed by atoms with van der Waals surface area (Å²) < 4.78 is 5.35. The first kappa shape index (κ1) is 20.9. The van der Waals surface area contributed by atoms with Gasteiger partial charge in [-0.3, -0.25) is 4.79 Å². The molecule has 0 bridgehead atoms. The van der Waals surface area contributed by atoms with Crippen molar-refractivity contribution >= 4 is 18.3 Å². The van der Waals surface area contributed by atoms with Gasteiger partial charge in [-0.1, -0.05) is 44.2 Å². The zero-order chi connectivity index (χ0) is 16.7. The average Bonchev–Trinajstić information content (AvgIpc) is 2.63. The first-order valence-corrected chi connectivity index (χ1v) is 8.79. The Hall–Kier alpha value is -1.10. The molecule has 2 rings (SSSR count). The summed E-state index contributed by atoms with van der Waals surface area (Å²) in [6.45, 7) is 6.43. The molecule has 4 nitrogen and oxygen atoms in total. The van der Waals surface area contributed by atoms with E-state index in [1.165, 1.54) is 5.56 Å². The van der Waals surface area contributed by atoms with Gasteiger partial charge in [0.2, 0.25) is 5.91 Å². The molecule has 1 aliphatic rings. The highest BCUT2D eigenvalue weighted by Gasteiger charge is 2.31. The third-order valence-electron chi connectivity index (χ3n) is 5.42. The van der Waals surface area contributed by atoms with E-state index in [-0.39, 0.29) is 29.6 Å². The number of nitrogens with one attached hydrogen (secondary N) is 1. The van der Waals surface area contributed by atoms with Crippen LogP contribution in [0.4, 0.5) is 0 Å². The zero-order valence-electron chi connectivity index (χ0n) is 14.8. The molecule has 136 valence electrons. The quantitative estimate of drug-likeness (QED) is 0.791. The second kappa shape index (κ2) is 10.0. The van der Waals surface area contributed by atoms with Gasteiger partial charge in [0.25, 0.3) is 0 Å². The number of hydrogen-bond acceptors (Lipinski definition) is 3. The molecule has 1 aliphatic heterocycles. The van der Waals surface area contributed by atoms with E-state index in [1.807, 2.05) is 6.07 Å². The van der Waals surface area contributed by atoms with Crippen molar-refractivity contribution in [1.82, 2.24) is 5.32 Å². The molecule has 0 aromatic heterocycles. The van der Waals surface area contributed by atoms with Crippen molar-refractivity contribution in [3.8, 4) is 0 Å². The van der Waals surface area contributed by atoms with Gasteiger partial charge in [0, 0.05) is 25.2 Å². The summed E-state index contributed by atoms with van der Waals surface area (Å²) in [5, 5.41) is 3.12. The van der Waals surface area contributed by atoms with Crippen molar-refractivity contribution in [2.24, 2.45) is 11.7 Å². The minimum Gasteiger partial charge on any atom is -0.381 e. The summed E-state index contributed by atoms with van der Waals surface area (Å²) in [5.41, 5.74) is 7.44. The van der Waals surface area contributed by atoms with E-state index in [2.05, 4.69) is 43.4 Å². The van der Waals surface area contributed by atoms with E-state index in [4.69, 9.17) is 10.5 Å². The molecule has 3 N–H and O–H groups in total. The number of benzene rings is 1. The Morgan fingerprint density at radius 3 is 2.38 bits per heavy atom. The van der Waals surface area contributed by atoms with Crippen LogP contribution in [-0.2, 0) is 14.9 Å². The van der Waals surface area contributed by atoms with Gasteiger partial charge < -0.3 is 15.8 Å². The van der Waals surface area contributed by atoms with Crippen molar-refractivity contribution in [2.45, 2.75) is 51.0 Å². The lowest BCUT2D eigenvalue weighted by molar-refractivity contribution is -0.124. The Morgan fingerprint density at radius 1 is 1.25 bits per heavy atom. The van der Waals surface area contributed by atoms with Crippen molar-refractivity contribution in [3.63, 3.8) is 0 Å². The topological polar surface area (TPSA) is 64.4 Å². The summed E-state index contributed by atoms with van der Waals surface area (Å²) in [7, 11) is 0. The standard InChI is InChI=1S/C19H30N2O2.ClH/c1-3-19(4-2,16-8-6-5-7-9-16)14-21-18(22)17(20)15-10-12-23-13-11-15;/h5-9,15,17H,3-4,10-14,20H2,1-2H3,(H,21,22);1H. The van der Waals surface area contributed by atoms with Gasteiger partial charge in [0.1, 0.15) is 0 Å². The van der Waals surface area contributed by atoms with Crippen LogP contribution in [0.5, 0.6) is 0 Å². The van der Waals surface area contributed by atoms with Gasteiger partial charge in [-0.2, -0.15) is 0 Å². The molecule has 0 saturated carbocycles. The van der Waals surface area contributed by atoms with Crippen LogP contribution >= 0.6 is 12.4 Å². The minimum atomic E-state index is -0.430. The van der Waals surface area contributed by atoms with Gasteiger partial charge in [0.05, 0.1) is 6.04 Å². The average molecular weight is 355 g/mol. The maximum absolute atomic E-state index is 12.5. The Bertz CT molecular complexity index is 485. The lowest BCUT2D eigenvalue weighted by Crippen LogP contribution is -2.50. The molecule has 1 aromatic carbocycles. The minimum absolute atomic E-state index is 0. The number of halogens is 1. The number of nitrogens with two attached hydrogens (primary N) is 1. The SMILES string of the molecule is CCC(CC)(CNC(=O)C(N)C1CCOCC1)c1ccccc1.Cl. The molecule has 0 spiro atoms. The lowest BCUT2D eigenvalue weighted by Gasteiger charge is -2.34. The summed E-state index contributed by atoms with van der Waals surface area (Å²) in [5.74, 6) is 0.206. The second-order valence-electron chi connectivity index (χ2n) is 6.55. The molecule has 1 saturated heterocycles. The van der Waals surface area contributed by atoms with E-state index in [1.54, 1.807) is 0 Å². The van der Waals surface area contributed by atoms with Gasteiger partial charge in [-0.25, -0.2) is 0 Å². The maximum atomic E-state index is 12.5. The number of carbonyl (C=O) groups is 1. The maximum Gasteiger partial charge on any atom is 0.237 e. The third kappa shape index (κ3) is 4.95. The number of amides is 1. The van der Waals surface area contributed by atoms with Crippen LogP contribution in [0.2, 0.25) is 0 Å². The first-order chi connectivity index (χ1) is 11.1. The van der Waals surface area contributed by atoms with Crippen LogP contribution in [0.25, 0.3) is 0 Å². The molecular weight excluding hydrogens is 324 g/mol. The number of hydrogen-bond donors (Lipinski definition) is 2. The summed E-state index contributed by atoms with van der Waals surface area (Å²) in [6.07, 6.45) is 3.72. The molecule has 0 aliphatic carbocycles. The summed E-state index contributed by atoms with van der Waals surface area (Å²) >= 11 is 0. The van der Waals surface area contributed by atoms with Crippen molar-refractivity contribution < 1.29 is 9.53 Å². The molecule has 0 radical (unpaired) electrons. The van der Waals surface area contributed by atoms with Crippen LogP contribution in [-0.4, -0.2) is 31.7 Å². The Morgan fingerprint density at radius 2 is 1.83 bits per heavy atom. The van der Waals surface area contributed by atoms with Crippen LogP contribution in [0.1, 0.15) is 45.1 Å². The molecule has 24 heavy (non-hydrogen) atoms. The van der Waals surface area contributed by atoms with Gasteiger partial charge >= 0.3 is 0 Å². The van der Waals surface area contributed by atoms with E-state index < -0.39 is 6.04 Å². The smallest absolute Gasteiger partial charge is 0.237 e. The van der Waals surface area contributed by atoms with Crippen LogP contribution in [0.15, 0.2) is 30.3 Å². The van der Waals surface area contributed by atoms with Gasteiger partial charge in [-0.05, 0) is 37.2 Å². The highest BCUT2D eigenvalue weighted by atomic mass is 35.5. The largest absolute Gasteiger partial charge is 0.381 e. The van der Waals surface area contributed by atoms with Gasteiger partial charge in [-0.15, -0.1) is 12.4 Å². The molecular formula is C19H31ClN2O2. The number of carbonyl (C=O) groups excluding carboxylic acids is 1. The Kier molecular flexibility index (Phi) is 8.74. The van der Waals surface area contributed by atoms with E-state index in [0.29, 0.717) is 19.8 Å². The lowest BCUT2D eigenvalue weighted by atomic mass is 9.75. The van der Waals surface area contributed by atoms with E-state index in [9.17, 15) is 4.79 Å². The van der Waals surface area contributed by atoms with Crippen molar-refractivity contribution in [2.75, 3.05) is 19.8 Å². The Labute approximate surface area is 151 Å². The number of rotatable bonds is 7. The first-order valence-electron chi connectivity index (χ1n) is 8.79. The molecule has 1 amide bonds. The summed E-state index contributed by atoms with van der Waals surface area (Å²) in [4.78, 5) is 12.5. The summed E-state index contributed by atoms with van der Waals surface area (Å²) in [6, 6.07) is 10.0.